The summed E-state index contributed by atoms with van der Waals surface area (Å²) in [6, 6.07) is 8.03. The third kappa shape index (κ3) is 7.41. The maximum atomic E-state index is 11.7. The Morgan fingerprint density at radius 1 is 0.771 bits per heavy atom. The number of carbonyl (C=O) groups excluding carboxylic acids is 1. The average Bonchev–Trinajstić information content (AvgIpc) is 3.04. The molecule has 0 aromatic heterocycles. The number of aromatic hydroxyl groups is 2. The Bertz CT molecular complexity index is 1490. The minimum Gasteiger partial charge on any atom is -0.508 e. The van der Waals surface area contributed by atoms with E-state index in [-0.39, 0.29) is 28.6 Å². The molecule has 0 bridgehead atoms. The van der Waals surface area contributed by atoms with Crippen molar-refractivity contribution in [3.8, 4) is 23.0 Å². The molecule has 11 atom stereocenters. The van der Waals surface area contributed by atoms with Gasteiger partial charge in [-0.3, -0.25) is 9.59 Å². The monoisotopic (exact) mass is 682 g/mol. The number of benzene rings is 2. The number of phenolic OH excluding ortho intramolecular Hbond substituents is 2. The van der Waals surface area contributed by atoms with E-state index >= 15 is 0 Å². The van der Waals surface area contributed by atoms with E-state index in [9.17, 15) is 55.5 Å². The van der Waals surface area contributed by atoms with Gasteiger partial charge >= 0.3 is 11.9 Å². The van der Waals surface area contributed by atoms with E-state index in [2.05, 4.69) is 0 Å². The summed E-state index contributed by atoms with van der Waals surface area (Å²) < 4.78 is 33.4. The van der Waals surface area contributed by atoms with E-state index in [1.165, 1.54) is 36.4 Å². The van der Waals surface area contributed by atoms with Crippen molar-refractivity contribution in [3.05, 3.63) is 53.3 Å². The maximum absolute atomic E-state index is 11.7. The van der Waals surface area contributed by atoms with Gasteiger partial charge in [0.2, 0.25) is 12.6 Å². The third-order valence-electron chi connectivity index (χ3n) is 7.80. The maximum Gasteiger partial charge on any atom is 0.317 e. The first-order valence-corrected chi connectivity index (χ1v) is 14.5. The van der Waals surface area contributed by atoms with E-state index in [4.69, 9.17) is 33.5 Å². The summed E-state index contributed by atoms with van der Waals surface area (Å²) in [5, 5.41) is 101. The predicted octanol–water partition coefficient (Wildman–Crippen LogP) is -2.41. The molecule has 0 amide bonds. The highest BCUT2D eigenvalue weighted by atomic mass is 16.7. The summed E-state index contributed by atoms with van der Waals surface area (Å²) in [7, 11) is 0. The van der Waals surface area contributed by atoms with Gasteiger partial charge in [-0.1, -0.05) is 12.1 Å². The molecule has 2 saturated heterocycles. The number of hydrogen-bond acceptors (Lipinski definition) is 17. The molecule has 2 fully saturated rings. The lowest BCUT2D eigenvalue weighted by Crippen LogP contribution is -2.60. The van der Waals surface area contributed by atoms with Crippen molar-refractivity contribution >= 4 is 18.0 Å². The van der Waals surface area contributed by atoms with Crippen LogP contribution in [0.1, 0.15) is 23.7 Å². The van der Waals surface area contributed by atoms with Gasteiger partial charge in [-0.2, -0.15) is 0 Å². The van der Waals surface area contributed by atoms with E-state index in [1.54, 1.807) is 0 Å². The summed E-state index contributed by atoms with van der Waals surface area (Å²) in [6.45, 7) is -1.40. The summed E-state index contributed by atoms with van der Waals surface area (Å²) in [5.41, 5.74) is 0.390. The standard InChI is InChI=1S/C30H34O18/c31-9-18-22(37)24(39)26(41)29(47-18)44-13-5-15(33)14-7-17(28(45-16(14)6-13)11-1-3-12(32)4-2-11)46-30-27(42)25(40)23(38)19(48-30)10-43-21(36)8-20(34)35/h1-7,18-19,22-33,37-42H,8-10H2,(H,34,35)/t18-,19+,22+,23+,24-,25-,26+,27+,28?,29+,30+/m0/s1. The van der Waals surface area contributed by atoms with Crippen molar-refractivity contribution in [1.82, 2.24) is 0 Å². The van der Waals surface area contributed by atoms with E-state index in [1.807, 2.05) is 0 Å². The number of aliphatic carboxylic acids is 1. The lowest BCUT2D eigenvalue weighted by atomic mass is 9.98. The van der Waals surface area contributed by atoms with Crippen LogP contribution in [-0.4, -0.2) is 138 Å². The van der Waals surface area contributed by atoms with Gasteiger partial charge in [-0.15, -0.1) is 0 Å². The number of hydrogen-bond donors (Lipinski definition) is 10. The van der Waals surface area contributed by atoms with Gasteiger partial charge in [0.15, 0.2) is 6.10 Å². The highest BCUT2D eigenvalue weighted by molar-refractivity contribution is 5.90. The molecule has 5 rings (SSSR count). The normalized spacial score (nSPS) is 33.1. The molecule has 0 spiro atoms. The van der Waals surface area contributed by atoms with Gasteiger partial charge in [0, 0.05) is 17.7 Å². The van der Waals surface area contributed by atoms with Crippen LogP contribution in [-0.2, 0) is 28.5 Å². The molecule has 262 valence electrons. The Balaban J connectivity index is 1.42. The fourth-order valence-electron chi connectivity index (χ4n) is 5.21. The van der Waals surface area contributed by atoms with Crippen LogP contribution in [0.5, 0.6) is 23.0 Å². The Hall–Kier alpha value is -4.24. The molecule has 3 aliphatic rings. The summed E-state index contributed by atoms with van der Waals surface area (Å²) in [6.07, 6.45) is -17.5. The number of carbonyl (C=O) groups is 2. The van der Waals surface area contributed by atoms with Gasteiger partial charge in [0.25, 0.3) is 0 Å². The minimum absolute atomic E-state index is 0.0104. The van der Waals surface area contributed by atoms with Crippen LogP contribution in [0.25, 0.3) is 6.08 Å². The average molecular weight is 683 g/mol. The molecule has 48 heavy (non-hydrogen) atoms. The molecule has 2 aromatic rings. The summed E-state index contributed by atoms with van der Waals surface area (Å²) in [4.78, 5) is 22.5. The number of aliphatic hydroxyl groups is 7. The van der Waals surface area contributed by atoms with Crippen molar-refractivity contribution in [2.24, 2.45) is 0 Å². The Kier molecular flexibility index (Phi) is 10.6. The quantitative estimate of drug-likeness (QED) is 0.0922. The first kappa shape index (κ1) is 35.1. The zero-order chi connectivity index (χ0) is 34.9. The van der Waals surface area contributed by atoms with Crippen LogP contribution in [0.15, 0.2) is 42.2 Å². The second-order valence-corrected chi connectivity index (χ2v) is 11.2. The van der Waals surface area contributed by atoms with E-state index < -0.39 is 105 Å². The third-order valence-corrected chi connectivity index (χ3v) is 7.80. The fraction of sp³-hybridized carbons (Fsp3) is 0.467. The lowest BCUT2D eigenvalue weighted by molar-refractivity contribution is -0.294. The number of ether oxygens (including phenoxy) is 6. The molecule has 1 unspecified atom stereocenters. The molecule has 3 heterocycles. The summed E-state index contributed by atoms with van der Waals surface area (Å²) >= 11 is 0. The molecule has 18 heteroatoms. The van der Waals surface area contributed by atoms with Crippen LogP contribution < -0.4 is 9.47 Å². The molecule has 2 aromatic carbocycles. The van der Waals surface area contributed by atoms with Crippen molar-refractivity contribution in [1.29, 1.82) is 0 Å². The number of rotatable bonds is 10. The van der Waals surface area contributed by atoms with Gasteiger partial charge in [0.1, 0.15) is 90.6 Å². The van der Waals surface area contributed by atoms with Gasteiger partial charge in [-0.25, -0.2) is 0 Å². The summed E-state index contributed by atoms with van der Waals surface area (Å²) in [5.74, 6) is -3.39. The van der Waals surface area contributed by atoms with Crippen LogP contribution in [0.2, 0.25) is 0 Å². The second-order valence-electron chi connectivity index (χ2n) is 11.2. The Morgan fingerprint density at radius 3 is 2.00 bits per heavy atom. The highest BCUT2D eigenvalue weighted by Gasteiger charge is 2.47. The lowest BCUT2D eigenvalue weighted by Gasteiger charge is -2.41. The van der Waals surface area contributed by atoms with Crippen LogP contribution in [0.3, 0.4) is 0 Å². The second kappa shape index (κ2) is 14.5. The molecular formula is C30H34O18. The Morgan fingerprint density at radius 2 is 1.38 bits per heavy atom. The first-order chi connectivity index (χ1) is 22.8. The first-order valence-electron chi connectivity index (χ1n) is 14.5. The highest BCUT2D eigenvalue weighted by Crippen LogP contribution is 2.45. The predicted molar refractivity (Wildman–Crippen MR) is 153 cm³/mol. The van der Waals surface area contributed by atoms with Gasteiger partial charge < -0.3 is 79.5 Å². The number of carboxylic acids is 1. The minimum atomic E-state index is -1.87. The van der Waals surface area contributed by atoms with Gasteiger partial charge in [0.05, 0.1) is 12.2 Å². The largest absolute Gasteiger partial charge is 0.508 e. The number of aliphatic hydroxyl groups excluding tert-OH is 7. The molecule has 3 aliphatic heterocycles. The molecule has 10 N–H and O–H groups in total. The van der Waals surface area contributed by atoms with Crippen molar-refractivity contribution in [2.45, 2.75) is 73.9 Å². The SMILES string of the molecule is O=C(O)CC(=O)OC[C@H]1O[C@@H](OC2=Cc3c(O)cc(O[C@@H]4O[C@@H](CO)[C@@H](O)[C@H](O)[C@H]4O)cc3OC2c2ccc(O)cc2)[C@H](O)[C@@H](O)[C@@H]1O. The van der Waals surface area contributed by atoms with Crippen LogP contribution in [0.4, 0.5) is 0 Å². The zero-order valence-electron chi connectivity index (χ0n) is 24.8. The van der Waals surface area contributed by atoms with E-state index in [0.29, 0.717) is 5.56 Å². The molecule has 18 nitrogen and oxygen atoms in total. The molecular weight excluding hydrogens is 648 g/mol. The van der Waals surface area contributed by atoms with Crippen LogP contribution in [0, 0.1) is 0 Å². The fourth-order valence-corrected chi connectivity index (χ4v) is 5.21. The van der Waals surface area contributed by atoms with Crippen molar-refractivity contribution in [2.75, 3.05) is 13.2 Å². The number of esters is 1. The van der Waals surface area contributed by atoms with Crippen molar-refractivity contribution < 1.29 is 89.1 Å². The number of carboxylic acid groups (broad SMARTS) is 1. The zero-order valence-corrected chi connectivity index (χ0v) is 24.8. The molecule has 0 radical (unpaired) electrons. The smallest absolute Gasteiger partial charge is 0.317 e. The molecule has 0 saturated carbocycles. The topological polar surface area (TPSA) is 292 Å². The van der Waals surface area contributed by atoms with E-state index in [0.717, 1.165) is 6.07 Å². The van der Waals surface area contributed by atoms with Gasteiger partial charge in [-0.05, 0) is 18.2 Å². The van der Waals surface area contributed by atoms with Crippen LogP contribution >= 0.6 is 0 Å². The number of fused-ring (bicyclic) bond motifs is 1. The van der Waals surface area contributed by atoms with Crippen molar-refractivity contribution in [3.63, 3.8) is 0 Å². The Labute approximate surface area is 270 Å². The number of phenols is 2. The molecule has 0 aliphatic carbocycles.